The van der Waals surface area contributed by atoms with E-state index in [1.165, 1.54) is 12.8 Å². The first kappa shape index (κ1) is 19.1. The molecule has 2 unspecified atom stereocenters. The van der Waals surface area contributed by atoms with E-state index in [9.17, 15) is 9.00 Å². The lowest BCUT2D eigenvalue weighted by atomic mass is 10.1. The monoisotopic (exact) mass is 344 g/mol. The quantitative estimate of drug-likeness (QED) is 0.826. The van der Waals surface area contributed by atoms with Crippen molar-refractivity contribution in [3.05, 3.63) is 29.8 Å². The highest BCUT2D eigenvalue weighted by Crippen LogP contribution is 2.27. The number of nitrogens with one attached hydrogen (secondary N) is 1. The third-order valence-corrected chi connectivity index (χ3v) is 5.01. The van der Waals surface area contributed by atoms with Gasteiger partial charge in [0.1, 0.15) is 0 Å². The van der Waals surface area contributed by atoms with Crippen LogP contribution in [-0.2, 0) is 15.6 Å². The molecule has 1 fully saturated rings. The zero-order valence-corrected chi connectivity index (χ0v) is 15.0. The Morgan fingerprint density at radius 2 is 1.95 bits per heavy atom. The van der Waals surface area contributed by atoms with Gasteiger partial charge in [-0.1, -0.05) is 12.1 Å². The molecule has 0 radical (unpaired) electrons. The second-order valence-corrected chi connectivity index (χ2v) is 7.16. The Morgan fingerprint density at radius 1 is 1.36 bits per heavy atom. The number of nitrogens with zero attached hydrogens (tertiary/aromatic N) is 1. The Morgan fingerprint density at radius 3 is 2.45 bits per heavy atom. The van der Waals surface area contributed by atoms with E-state index in [-0.39, 0.29) is 24.4 Å². The Bertz CT molecular complexity index is 517. The van der Waals surface area contributed by atoms with Crippen LogP contribution in [0.5, 0.6) is 0 Å². The first-order valence-corrected chi connectivity index (χ1v) is 8.94. The predicted octanol–water partition coefficient (Wildman–Crippen LogP) is 2.36. The highest BCUT2D eigenvalue weighted by atomic mass is 35.5. The Labute approximate surface area is 141 Å². The van der Waals surface area contributed by atoms with Crippen molar-refractivity contribution in [3.63, 3.8) is 0 Å². The molecule has 1 amide bonds. The van der Waals surface area contributed by atoms with Gasteiger partial charge >= 0.3 is 0 Å². The second kappa shape index (κ2) is 8.65. The number of hydrogen-bond donors (Lipinski definition) is 1. The number of likely N-dealkylation sites (N-methyl/N-ethyl adjacent to an activating group) is 1. The maximum absolute atomic E-state index is 12.1. The third-order valence-electron chi connectivity index (χ3n) is 4.07. The predicted molar refractivity (Wildman–Crippen MR) is 92.8 cm³/mol. The molecular formula is C16H25ClN2O2S. The molecule has 22 heavy (non-hydrogen) atoms. The minimum atomic E-state index is -0.963. The molecule has 0 bridgehead atoms. The van der Waals surface area contributed by atoms with E-state index in [1.807, 2.05) is 38.2 Å². The van der Waals surface area contributed by atoms with Crippen LogP contribution in [0.3, 0.4) is 0 Å². The van der Waals surface area contributed by atoms with Crippen LogP contribution in [0.25, 0.3) is 0 Å². The highest BCUT2D eigenvalue weighted by molar-refractivity contribution is 7.84. The molecule has 4 nitrogen and oxygen atoms in total. The lowest BCUT2D eigenvalue weighted by Crippen LogP contribution is -2.37. The van der Waals surface area contributed by atoms with E-state index in [1.54, 1.807) is 11.2 Å². The van der Waals surface area contributed by atoms with Gasteiger partial charge in [0.15, 0.2) is 0 Å². The van der Waals surface area contributed by atoms with E-state index in [4.69, 9.17) is 0 Å². The Hall–Kier alpha value is -0.910. The zero-order chi connectivity index (χ0) is 15.4. The fourth-order valence-corrected chi connectivity index (χ4v) is 2.73. The smallest absolute Gasteiger partial charge is 0.236 e. The molecule has 1 aliphatic rings. The van der Waals surface area contributed by atoms with Gasteiger partial charge in [0.05, 0.1) is 12.6 Å². The summed E-state index contributed by atoms with van der Waals surface area (Å²) in [6.07, 6.45) is 4.25. The van der Waals surface area contributed by atoms with E-state index >= 15 is 0 Å². The van der Waals surface area contributed by atoms with Crippen molar-refractivity contribution in [1.29, 1.82) is 0 Å². The number of carbonyl (C=O) groups is 1. The van der Waals surface area contributed by atoms with Gasteiger partial charge in [-0.25, -0.2) is 0 Å². The van der Waals surface area contributed by atoms with Gasteiger partial charge in [-0.15, -0.1) is 12.4 Å². The lowest BCUT2D eigenvalue weighted by Gasteiger charge is -2.25. The summed E-state index contributed by atoms with van der Waals surface area (Å²) in [6, 6.07) is 7.64. The van der Waals surface area contributed by atoms with Gasteiger partial charge in [0.2, 0.25) is 5.91 Å². The lowest BCUT2D eigenvalue weighted by molar-refractivity contribution is -0.130. The molecule has 0 spiro atoms. The highest BCUT2D eigenvalue weighted by Gasteiger charge is 2.22. The van der Waals surface area contributed by atoms with Crippen molar-refractivity contribution >= 4 is 29.1 Å². The van der Waals surface area contributed by atoms with Crippen LogP contribution in [-0.4, -0.2) is 41.4 Å². The van der Waals surface area contributed by atoms with Crippen molar-refractivity contribution in [2.45, 2.75) is 30.7 Å². The van der Waals surface area contributed by atoms with Gasteiger partial charge in [0, 0.05) is 29.0 Å². The van der Waals surface area contributed by atoms with Crippen molar-refractivity contribution in [2.75, 3.05) is 26.4 Å². The molecule has 6 heteroatoms. The van der Waals surface area contributed by atoms with Crippen LogP contribution < -0.4 is 5.32 Å². The van der Waals surface area contributed by atoms with Gasteiger partial charge < -0.3 is 10.2 Å². The molecule has 1 N–H and O–H groups in total. The molecule has 1 aromatic rings. The molecule has 1 saturated carbocycles. The SMILES string of the molecule is CC(c1ccc(S(C)=O)cc1)N(C)C(=O)CNCC1CC1.Cl. The first-order chi connectivity index (χ1) is 9.99. The number of halogens is 1. The normalized spacial score (nSPS) is 16.5. The molecule has 2 rings (SSSR count). The third kappa shape index (κ3) is 5.38. The standard InChI is InChI=1S/C16H24N2O2S.ClH/c1-12(14-6-8-15(9-7-14)21(3)20)18(2)16(19)11-17-10-13-4-5-13;/h6-9,12-13,17H,4-5,10-11H2,1-3H3;1H. The maximum Gasteiger partial charge on any atom is 0.236 e. The fourth-order valence-electron chi connectivity index (χ4n) is 2.21. The summed E-state index contributed by atoms with van der Waals surface area (Å²) in [5, 5.41) is 3.23. The minimum absolute atomic E-state index is 0. The number of hydrogen-bond acceptors (Lipinski definition) is 3. The fraction of sp³-hybridized carbons (Fsp3) is 0.562. The Balaban J connectivity index is 0.00000242. The molecule has 2 atom stereocenters. The van der Waals surface area contributed by atoms with E-state index in [0.29, 0.717) is 6.54 Å². The summed E-state index contributed by atoms with van der Waals surface area (Å²) in [6.45, 7) is 3.36. The topological polar surface area (TPSA) is 49.4 Å². The molecule has 0 heterocycles. The summed E-state index contributed by atoms with van der Waals surface area (Å²) in [4.78, 5) is 14.7. The van der Waals surface area contributed by atoms with Gasteiger partial charge in [0.25, 0.3) is 0 Å². The summed E-state index contributed by atoms with van der Waals surface area (Å²) in [5.41, 5.74) is 1.06. The molecule has 1 aromatic carbocycles. The summed E-state index contributed by atoms with van der Waals surface area (Å²) < 4.78 is 11.4. The minimum Gasteiger partial charge on any atom is -0.338 e. The first-order valence-electron chi connectivity index (χ1n) is 7.38. The molecule has 0 aromatic heterocycles. The van der Waals surface area contributed by atoms with E-state index < -0.39 is 10.8 Å². The summed E-state index contributed by atoms with van der Waals surface area (Å²) in [7, 11) is 0.868. The largest absolute Gasteiger partial charge is 0.338 e. The molecule has 124 valence electrons. The van der Waals surface area contributed by atoms with Crippen LogP contribution in [0.4, 0.5) is 0 Å². The number of amides is 1. The van der Waals surface area contributed by atoms with Crippen LogP contribution in [0.2, 0.25) is 0 Å². The average molecular weight is 345 g/mol. The van der Waals surface area contributed by atoms with Crippen molar-refractivity contribution in [1.82, 2.24) is 10.2 Å². The van der Waals surface area contributed by atoms with E-state index in [0.717, 1.165) is 22.9 Å². The van der Waals surface area contributed by atoms with Crippen LogP contribution in [0, 0.1) is 5.92 Å². The maximum atomic E-state index is 12.1. The van der Waals surface area contributed by atoms with E-state index in [2.05, 4.69) is 5.32 Å². The number of carbonyl (C=O) groups excluding carboxylic acids is 1. The molecule has 1 aliphatic carbocycles. The summed E-state index contributed by atoms with van der Waals surface area (Å²) in [5.74, 6) is 0.884. The van der Waals surface area contributed by atoms with Crippen LogP contribution in [0.1, 0.15) is 31.4 Å². The van der Waals surface area contributed by atoms with Crippen molar-refractivity contribution in [3.8, 4) is 0 Å². The summed E-state index contributed by atoms with van der Waals surface area (Å²) >= 11 is 0. The van der Waals surface area contributed by atoms with Crippen LogP contribution in [0.15, 0.2) is 29.2 Å². The second-order valence-electron chi connectivity index (χ2n) is 5.78. The van der Waals surface area contributed by atoms with Crippen molar-refractivity contribution in [2.24, 2.45) is 5.92 Å². The molecular weight excluding hydrogens is 320 g/mol. The molecule has 0 saturated heterocycles. The molecule has 0 aliphatic heterocycles. The van der Waals surface area contributed by atoms with Gasteiger partial charge in [-0.2, -0.15) is 0 Å². The van der Waals surface area contributed by atoms with Crippen LogP contribution >= 0.6 is 12.4 Å². The zero-order valence-electron chi connectivity index (χ0n) is 13.4. The van der Waals surface area contributed by atoms with Crippen molar-refractivity contribution < 1.29 is 9.00 Å². The Kier molecular flexibility index (Phi) is 7.53. The van der Waals surface area contributed by atoms with Gasteiger partial charge in [-0.3, -0.25) is 9.00 Å². The number of benzene rings is 1. The van der Waals surface area contributed by atoms with Gasteiger partial charge in [-0.05, 0) is 49.9 Å². The number of rotatable bonds is 7. The average Bonchev–Trinajstić information content (AvgIpc) is 3.30.